The minimum atomic E-state index is 0.873. The largest absolute Gasteiger partial charge is 0.456 e. The number of furan rings is 1. The SMILES string of the molecule is c1ccc2cc(N(c3ccc(-c4cc(-n5c6ccccc6c6cc7ccccc7cc65)cc5c4sc4ccccc45)cc3)c3ccc4c(c3)oc3ccccc34)ccc2c1. The molecule has 4 heteroatoms. The highest BCUT2D eigenvalue weighted by molar-refractivity contribution is 7.26. The summed E-state index contributed by atoms with van der Waals surface area (Å²) in [5.41, 5.74) is 10.9. The van der Waals surface area contributed by atoms with Gasteiger partial charge in [0.25, 0.3) is 0 Å². The summed E-state index contributed by atoms with van der Waals surface area (Å²) in [5.74, 6) is 0. The van der Waals surface area contributed by atoms with Crippen molar-refractivity contribution in [2.24, 2.45) is 0 Å². The molecule has 0 atom stereocenters. The van der Waals surface area contributed by atoms with Crippen LogP contribution in [0.3, 0.4) is 0 Å². The lowest BCUT2D eigenvalue weighted by molar-refractivity contribution is 0.669. The lowest BCUT2D eigenvalue weighted by atomic mass is 10.0. The van der Waals surface area contributed by atoms with E-state index in [2.05, 4.69) is 204 Å². The first kappa shape index (κ1) is 33.3. The van der Waals surface area contributed by atoms with Crippen molar-refractivity contribution in [1.29, 1.82) is 0 Å². The van der Waals surface area contributed by atoms with Gasteiger partial charge in [-0.3, -0.25) is 0 Å². The van der Waals surface area contributed by atoms with Crippen LogP contribution in [0.1, 0.15) is 0 Å². The molecule has 280 valence electrons. The van der Waals surface area contributed by atoms with Crippen LogP contribution in [0, 0.1) is 0 Å². The van der Waals surface area contributed by atoms with E-state index in [9.17, 15) is 0 Å². The molecule has 0 N–H and O–H groups in total. The molecule has 0 radical (unpaired) electrons. The van der Waals surface area contributed by atoms with Crippen molar-refractivity contribution in [2.75, 3.05) is 4.90 Å². The third-order valence-electron chi connectivity index (χ3n) is 12.3. The Kier molecular flexibility index (Phi) is 7.18. The first-order chi connectivity index (χ1) is 29.7. The van der Waals surface area contributed by atoms with E-state index in [-0.39, 0.29) is 0 Å². The number of anilines is 3. The van der Waals surface area contributed by atoms with Crippen molar-refractivity contribution < 1.29 is 4.42 Å². The maximum absolute atomic E-state index is 6.42. The van der Waals surface area contributed by atoms with Crippen LogP contribution in [0.5, 0.6) is 0 Å². The van der Waals surface area contributed by atoms with Crippen LogP contribution in [-0.4, -0.2) is 4.57 Å². The van der Waals surface area contributed by atoms with Crippen LogP contribution in [0.25, 0.3) is 102 Å². The number of thiophene rings is 1. The first-order valence-corrected chi connectivity index (χ1v) is 21.2. The highest BCUT2D eigenvalue weighted by atomic mass is 32.1. The third-order valence-corrected chi connectivity index (χ3v) is 13.5. The number of rotatable bonds is 5. The summed E-state index contributed by atoms with van der Waals surface area (Å²) in [4.78, 5) is 2.34. The van der Waals surface area contributed by atoms with E-state index in [1.54, 1.807) is 0 Å². The van der Waals surface area contributed by atoms with Gasteiger partial charge in [-0.2, -0.15) is 0 Å². The molecule has 0 aliphatic heterocycles. The maximum atomic E-state index is 6.42. The zero-order valence-electron chi connectivity index (χ0n) is 32.3. The van der Waals surface area contributed by atoms with Crippen LogP contribution in [0.15, 0.2) is 211 Å². The van der Waals surface area contributed by atoms with Gasteiger partial charge in [0.15, 0.2) is 0 Å². The molecule has 0 spiro atoms. The smallest absolute Gasteiger partial charge is 0.137 e. The summed E-state index contributed by atoms with van der Waals surface area (Å²) in [6.07, 6.45) is 0. The van der Waals surface area contributed by atoms with Crippen LogP contribution in [0.4, 0.5) is 17.1 Å². The molecule has 0 aliphatic rings. The Bertz CT molecular complexity index is 3850. The highest BCUT2D eigenvalue weighted by Crippen LogP contribution is 2.45. The van der Waals surface area contributed by atoms with Crippen molar-refractivity contribution in [3.05, 3.63) is 206 Å². The van der Waals surface area contributed by atoms with Gasteiger partial charge in [-0.15, -0.1) is 11.3 Å². The van der Waals surface area contributed by atoms with Gasteiger partial charge in [-0.1, -0.05) is 121 Å². The fraction of sp³-hybridized carbons (Fsp3) is 0. The Labute approximate surface area is 349 Å². The third kappa shape index (κ3) is 5.08. The first-order valence-electron chi connectivity index (χ1n) is 20.4. The van der Waals surface area contributed by atoms with E-state index in [1.165, 1.54) is 74.6 Å². The van der Waals surface area contributed by atoms with Gasteiger partial charge in [0.2, 0.25) is 0 Å². The molecule has 0 saturated carbocycles. The zero-order chi connectivity index (χ0) is 39.3. The Morgan fingerprint density at radius 2 is 1.02 bits per heavy atom. The summed E-state index contributed by atoms with van der Waals surface area (Å²) >= 11 is 1.88. The predicted molar refractivity (Wildman–Crippen MR) is 256 cm³/mol. The van der Waals surface area contributed by atoms with Crippen molar-refractivity contribution >= 4 is 114 Å². The molecule has 13 aromatic rings. The molecule has 0 unspecified atom stereocenters. The summed E-state index contributed by atoms with van der Waals surface area (Å²) in [6.45, 7) is 0. The van der Waals surface area contributed by atoms with E-state index < -0.39 is 0 Å². The zero-order valence-corrected chi connectivity index (χ0v) is 33.2. The van der Waals surface area contributed by atoms with Gasteiger partial charge < -0.3 is 13.9 Å². The van der Waals surface area contributed by atoms with E-state index in [1.807, 2.05) is 23.5 Å². The average molecular weight is 783 g/mol. The molecule has 0 fully saturated rings. The minimum Gasteiger partial charge on any atom is -0.456 e. The molecule has 13 rings (SSSR count). The van der Waals surface area contributed by atoms with Crippen LogP contribution in [0.2, 0.25) is 0 Å². The molecular formula is C56H34N2OS. The maximum Gasteiger partial charge on any atom is 0.137 e. The van der Waals surface area contributed by atoms with Crippen molar-refractivity contribution in [1.82, 2.24) is 4.57 Å². The van der Waals surface area contributed by atoms with Gasteiger partial charge in [-0.25, -0.2) is 0 Å². The van der Waals surface area contributed by atoms with Crippen molar-refractivity contribution in [2.45, 2.75) is 0 Å². The minimum absolute atomic E-state index is 0.873. The van der Waals surface area contributed by atoms with Crippen molar-refractivity contribution in [3.63, 3.8) is 0 Å². The molecule has 10 aromatic carbocycles. The molecule has 3 heterocycles. The number of benzene rings is 10. The molecule has 3 aromatic heterocycles. The normalized spacial score (nSPS) is 12.0. The number of nitrogens with zero attached hydrogens (tertiary/aromatic N) is 2. The van der Waals surface area contributed by atoms with Gasteiger partial charge in [0, 0.05) is 76.1 Å². The number of aromatic nitrogens is 1. The fourth-order valence-corrected chi connectivity index (χ4v) is 10.7. The van der Waals surface area contributed by atoms with Gasteiger partial charge in [0.1, 0.15) is 11.2 Å². The molecule has 3 nitrogen and oxygen atoms in total. The number of hydrogen-bond acceptors (Lipinski definition) is 3. The predicted octanol–water partition coefficient (Wildman–Crippen LogP) is 16.5. The van der Waals surface area contributed by atoms with Crippen LogP contribution < -0.4 is 4.90 Å². The second-order valence-corrected chi connectivity index (χ2v) is 16.8. The highest BCUT2D eigenvalue weighted by Gasteiger charge is 2.20. The molecule has 0 amide bonds. The standard InChI is InChI=1S/C56H34N2OS/c1-2-12-37-29-41(26-21-35(37)11-1)57(42-27-28-46-45-16-6-9-19-53(45)59-54(46)34-42)40-24-22-36(23-25-40)48-32-43(33-50-47-17-7-10-20-55(47)60-56(48)50)58-51-18-8-5-15-44(51)49-30-38-13-3-4-14-39(38)31-52(49)58/h1-34H. The summed E-state index contributed by atoms with van der Waals surface area (Å²) < 4.78 is 11.5. The van der Waals surface area contributed by atoms with Crippen LogP contribution >= 0.6 is 11.3 Å². The Balaban J connectivity index is 1.01. The van der Waals surface area contributed by atoms with Gasteiger partial charge in [0.05, 0.1) is 11.0 Å². The van der Waals surface area contributed by atoms with Gasteiger partial charge in [-0.05, 0) is 106 Å². The second-order valence-electron chi connectivity index (χ2n) is 15.7. The Morgan fingerprint density at radius 3 is 1.87 bits per heavy atom. The molecule has 0 bridgehead atoms. The monoisotopic (exact) mass is 782 g/mol. The lowest BCUT2D eigenvalue weighted by Crippen LogP contribution is -2.09. The van der Waals surface area contributed by atoms with Crippen molar-refractivity contribution in [3.8, 4) is 16.8 Å². The fourth-order valence-electron chi connectivity index (χ4n) is 9.50. The second kappa shape index (κ2) is 12.9. The molecule has 0 aliphatic carbocycles. The van der Waals surface area contributed by atoms with Crippen LogP contribution in [-0.2, 0) is 0 Å². The summed E-state index contributed by atoms with van der Waals surface area (Å²) in [5, 5.41) is 12.2. The summed E-state index contributed by atoms with van der Waals surface area (Å²) in [7, 11) is 0. The summed E-state index contributed by atoms with van der Waals surface area (Å²) in [6, 6.07) is 75.1. The van der Waals surface area contributed by atoms with E-state index >= 15 is 0 Å². The van der Waals surface area contributed by atoms with Gasteiger partial charge >= 0.3 is 0 Å². The topological polar surface area (TPSA) is 21.3 Å². The number of para-hydroxylation sites is 2. The Morgan fingerprint density at radius 1 is 0.383 bits per heavy atom. The molecule has 0 saturated heterocycles. The Hall–Kier alpha value is -7.66. The van der Waals surface area contributed by atoms with E-state index in [4.69, 9.17) is 4.42 Å². The molecule has 60 heavy (non-hydrogen) atoms. The molecular weight excluding hydrogens is 749 g/mol. The number of hydrogen-bond donors (Lipinski definition) is 0. The quantitative estimate of drug-likeness (QED) is 0.173. The van der Waals surface area contributed by atoms with E-state index in [0.29, 0.717) is 0 Å². The number of fused-ring (bicyclic) bond motifs is 11. The van der Waals surface area contributed by atoms with E-state index in [0.717, 1.165) is 44.7 Å². The lowest BCUT2D eigenvalue weighted by Gasteiger charge is -2.26. The average Bonchev–Trinajstić information content (AvgIpc) is 3.97.